The van der Waals surface area contributed by atoms with Crippen LogP contribution >= 0.6 is 11.9 Å². The number of likely N-dealkylation sites (N-methyl/N-ethyl adjacent to an activating group) is 1. The van der Waals surface area contributed by atoms with Crippen LogP contribution in [0.1, 0.15) is 5.56 Å². The largest absolute Gasteiger partial charge is 0.497 e. The van der Waals surface area contributed by atoms with Crippen LogP contribution in [0, 0.1) is 0 Å². The van der Waals surface area contributed by atoms with Gasteiger partial charge in [-0.2, -0.15) is 0 Å². The third kappa shape index (κ3) is 2.76. The van der Waals surface area contributed by atoms with Crippen molar-refractivity contribution in [2.75, 3.05) is 27.0 Å². The van der Waals surface area contributed by atoms with Crippen molar-refractivity contribution >= 4 is 22.9 Å². The normalized spacial score (nSPS) is 11.3. The molecular formula is C13H18N2OS. The van der Waals surface area contributed by atoms with Crippen LogP contribution in [0.2, 0.25) is 0 Å². The van der Waals surface area contributed by atoms with Gasteiger partial charge in [0.05, 0.1) is 7.11 Å². The standard InChI is InChI=1S/C13H18N2OS/c1-15(17-3)7-6-10-9-14-13-5-4-11(16-2)8-12(10)13/h4-5,8-9,14H,6-7H2,1-3H3. The minimum atomic E-state index is 0.913. The molecule has 2 rings (SSSR count). The van der Waals surface area contributed by atoms with Crippen molar-refractivity contribution in [3.05, 3.63) is 30.0 Å². The Labute approximate surface area is 106 Å². The lowest BCUT2D eigenvalue weighted by Gasteiger charge is -2.11. The summed E-state index contributed by atoms with van der Waals surface area (Å²) in [7, 11) is 3.81. The Hall–Kier alpha value is -1.13. The highest BCUT2D eigenvalue weighted by atomic mass is 32.2. The summed E-state index contributed by atoms with van der Waals surface area (Å²) in [5.41, 5.74) is 2.52. The van der Waals surface area contributed by atoms with Crippen LogP contribution in [0.25, 0.3) is 10.9 Å². The van der Waals surface area contributed by atoms with Gasteiger partial charge in [-0.15, -0.1) is 0 Å². The second-order valence-electron chi connectivity index (χ2n) is 4.01. The Morgan fingerprint density at radius 3 is 2.94 bits per heavy atom. The van der Waals surface area contributed by atoms with Gasteiger partial charge in [-0.05, 0) is 43.5 Å². The zero-order chi connectivity index (χ0) is 12.3. The molecule has 17 heavy (non-hydrogen) atoms. The second kappa shape index (κ2) is 5.47. The SMILES string of the molecule is COc1ccc2[nH]cc(CCN(C)SC)c2c1. The van der Waals surface area contributed by atoms with E-state index >= 15 is 0 Å². The molecule has 0 atom stereocenters. The van der Waals surface area contributed by atoms with Crippen LogP contribution in [0.15, 0.2) is 24.4 Å². The molecule has 1 aromatic carbocycles. The number of H-pyrrole nitrogens is 1. The van der Waals surface area contributed by atoms with Gasteiger partial charge < -0.3 is 9.72 Å². The molecule has 0 fully saturated rings. The summed E-state index contributed by atoms with van der Waals surface area (Å²) < 4.78 is 7.50. The van der Waals surface area contributed by atoms with E-state index in [4.69, 9.17) is 4.74 Å². The maximum Gasteiger partial charge on any atom is 0.119 e. The van der Waals surface area contributed by atoms with E-state index in [1.54, 1.807) is 19.1 Å². The Kier molecular flexibility index (Phi) is 3.97. The topological polar surface area (TPSA) is 28.3 Å². The first-order valence-corrected chi connectivity index (χ1v) is 6.82. The lowest BCUT2D eigenvalue weighted by atomic mass is 10.1. The quantitative estimate of drug-likeness (QED) is 0.827. The molecule has 0 amide bonds. The van der Waals surface area contributed by atoms with Crippen molar-refractivity contribution in [1.82, 2.24) is 9.29 Å². The number of fused-ring (bicyclic) bond motifs is 1. The number of benzene rings is 1. The fraction of sp³-hybridized carbons (Fsp3) is 0.385. The van der Waals surface area contributed by atoms with Gasteiger partial charge >= 0.3 is 0 Å². The molecule has 3 nitrogen and oxygen atoms in total. The van der Waals surface area contributed by atoms with Gasteiger partial charge in [0.15, 0.2) is 0 Å². The molecule has 1 aromatic heterocycles. The molecule has 0 aliphatic heterocycles. The third-order valence-electron chi connectivity index (χ3n) is 2.98. The Bertz CT molecular complexity index is 495. The van der Waals surface area contributed by atoms with Gasteiger partial charge in [0.2, 0.25) is 0 Å². The van der Waals surface area contributed by atoms with E-state index in [-0.39, 0.29) is 0 Å². The summed E-state index contributed by atoms with van der Waals surface area (Å²) in [6.45, 7) is 1.05. The first kappa shape index (κ1) is 12.3. The van der Waals surface area contributed by atoms with Crippen molar-refractivity contribution in [1.29, 1.82) is 0 Å². The molecule has 1 heterocycles. The van der Waals surface area contributed by atoms with Crippen molar-refractivity contribution in [3.63, 3.8) is 0 Å². The third-order valence-corrected chi connectivity index (χ3v) is 3.79. The fourth-order valence-corrected chi connectivity index (χ4v) is 2.13. The first-order valence-electron chi connectivity index (χ1n) is 5.64. The summed E-state index contributed by atoms with van der Waals surface area (Å²) in [6.07, 6.45) is 5.24. The van der Waals surface area contributed by atoms with Crippen LogP contribution in [0.3, 0.4) is 0 Å². The summed E-state index contributed by atoms with van der Waals surface area (Å²) in [5, 5.41) is 1.26. The molecular weight excluding hydrogens is 232 g/mol. The number of nitrogens with one attached hydrogen (secondary N) is 1. The number of rotatable bonds is 5. The number of nitrogens with zero attached hydrogens (tertiary/aromatic N) is 1. The Balaban J connectivity index is 2.22. The Morgan fingerprint density at radius 2 is 2.24 bits per heavy atom. The van der Waals surface area contributed by atoms with Crippen molar-refractivity contribution < 1.29 is 4.74 Å². The van der Waals surface area contributed by atoms with Crippen LogP contribution in [0.4, 0.5) is 0 Å². The van der Waals surface area contributed by atoms with Gasteiger partial charge in [0, 0.05) is 23.6 Å². The maximum absolute atomic E-state index is 5.27. The number of methoxy groups -OCH3 is 1. The van der Waals surface area contributed by atoms with Crippen LogP contribution in [-0.4, -0.2) is 36.2 Å². The van der Waals surface area contributed by atoms with Crippen molar-refractivity contribution in [2.24, 2.45) is 0 Å². The molecule has 0 saturated heterocycles. The maximum atomic E-state index is 5.27. The van der Waals surface area contributed by atoms with E-state index in [0.717, 1.165) is 18.7 Å². The van der Waals surface area contributed by atoms with E-state index in [1.165, 1.54) is 16.5 Å². The van der Waals surface area contributed by atoms with Crippen molar-refractivity contribution in [3.8, 4) is 5.75 Å². The number of hydrogen-bond donors (Lipinski definition) is 1. The lowest BCUT2D eigenvalue weighted by molar-refractivity contribution is 0.415. The molecule has 4 heteroatoms. The van der Waals surface area contributed by atoms with Gasteiger partial charge in [-0.25, -0.2) is 0 Å². The molecule has 0 spiro atoms. The number of ether oxygens (including phenoxy) is 1. The van der Waals surface area contributed by atoms with E-state index in [1.807, 2.05) is 6.07 Å². The second-order valence-corrected chi connectivity index (χ2v) is 5.00. The van der Waals surface area contributed by atoms with Crippen LogP contribution in [-0.2, 0) is 6.42 Å². The van der Waals surface area contributed by atoms with E-state index in [9.17, 15) is 0 Å². The molecule has 0 unspecified atom stereocenters. The molecule has 1 N–H and O–H groups in total. The average molecular weight is 250 g/mol. The first-order chi connectivity index (χ1) is 8.24. The summed E-state index contributed by atoms with van der Waals surface area (Å²) in [4.78, 5) is 3.30. The fourth-order valence-electron chi connectivity index (χ4n) is 1.86. The highest BCUT2D eigenvalue weighted by molar-refractivity contribution is 7.96. The highest BCUT2D eigenvalue weighted by Gasteiger charge is 2.06. The molecule has 0 saturated carbocycles. The molecule has 0 aliphatic rings. The minimum absolute atomic E-state index is 0.913. The zero-order valence-electron chi connectivity index (χ0n) is 10.5. The molecule has 2 aromatic rings. The van der Waals surface area contributed by atoms with E-state index in [2.05, 4.69) is 40.9 Å². The average Bonchev–Trinajstić information content (AvgIpc) is 2.78. The summed E-state index contributed by atoms with van der Waals surface area (Å²) in [5.74, 6) is 0.913. The van der Waals surface area contributed by atoms with E-state index < -0.39 is 0 Å². The predicted molar refractivity (Wildman–Crippen MR) is 74.7 cm³/mol. The smallest absolute Gasteiger partial charge is 0.119 e. The summed E-state index contributed by atoms with van der Waals surface area (Å²) in [6, 6.07) is 6.15. The van der Waals surface area contributed by atoms with Gasteiger partial charge in [-0.1, -0.05) is 11.9 Å². The van der Waals surface area contributed by atoms with Gasteiger partial charge in [-0.3, -0.25) is 4.31 Å². The van der Waals surface area contributed by atoms with E-state index in [0.29, 0.717) is 0 Å². The minimum Gasteiger partial charge on any atom is -0.497 e. The monoisotopic (exact) mass is 250 g/mol. The number of aromatic amines is 1. The van der Waals surface area contributed by atoms with Crippen LogP contribution < -0.4 is 4.74 Å². The Morgan fingerprint density at radius 1 is 1.41 bits per heavy atom. The molecule has 0 radical (unpaired) electrons. The lowest BCUT2D eigenvalue weighted by Crippen LogP contribution is -2.11. The highest BCUT2D eigenvalue weighted by Crippen LogP contribution is 2.24. The van der Waals surface area contributed by atoms with Gasteiger partial charge in [0.1, 0.15) is 5.75 Å². The zero-order valence-corrected chi connectivity index (χ0v) is 11.3. The molecule has 92 valence electrons. The van der Waals surface area contributed by atoms with Crippen LogP contribution in [0.5, 0.6) is 5.75 Å². The summed E-state index contributed by atoms with van der Waals surface area (Å²) >= 11 is 1.76. The molecule has 0 bridgehead atoms. The number of aromatic nitrogens is 1. The van der Waals surface area contributed by atoms with Crippen molar-refractivity contribution in [2.45, 2.75) is 6.42 Å². The molecule has 0 aliphatic carbocycles. The predicted octanol–water partition coefficient (Wildman–Crippen LogP) is 2.93. The number of hydrogen-bond acceptors (Lipinski definition) is 3. The van der Waals surface area contributed by atoms with Gasteiger partial charge in [0.25, 0.3) is 0 Å².